The molecule has 0 radical (unpaired) electrons. The number of hydrogen-bond acceptors (Lipinski definition) is 8. The first-order chi connectivity index (χ1) is 15.1. The molecule has 0 bridgehead atoms. The largest absolute Gasteiger partial charge is 0.461 e. The first-order valence-corrected chi connectivity index (χ1v) is 9.99. The van der Waals surface area contributed by atoms with Crippen molar-refractivity contribution in [3.63, 3.8) is 0 Å². The van der Waals surface area contributed by atoms with Gasteiger partial charge in [-0.25, -0.2) is 9.97 Å². The maximum atomic E-state index is 6.10. The van der Waals surface area contributed by atoms with Crippen molar-refractivity contribution in [3.8, 4) is 6.01 Å². The summed E-state index contributed by atoms with van der Waals surface area (Å²) in [5.41, 5.74) is 9.61. The summed E-state index contributed by atoms with van der Waals surface area (Å²) < 4.78 is 12.6. The zero-order valence-electron chi connectivity index (χ0n) is 17.6. The highest BCUT2D eigenvalue weighted by molar-refractivity contribution is 5.82. The molecule has 160 valence electrons. The number of pyridine rings is 1. The second-order valence-corrected chi connectivity index (χ2v) is 7.04. The van der Waals surface area contributed by atoms with Gasteiger partial charge in [0, 0.05) is 19.9 Å². The van der Waals surface area contributed by atoms with Gasteiger partial charge in [-0.05, 0) is 30.2 Å². The van der Waals surface area contributed by atoms with Crippen LogP contribution in [0.15, 0.2) is 48.7 Å². The van der Waals surface area contributed by atoms with Gasteiger partial charge in [0.15, 0.2) is 17.0 Å². The molecule has 0 amide bonds. The van der Waals surface area contributed by atoms with Gasteiger partial charge >= 0.3 is 6.01 Å². The molecular weight excluding hydrogens is 394 g/mol. The lowest BCUT2D eigenvalue weighted by atomic mass is 10.1. The van der Waals surface area contributed by atoms with E-state index >= 15 is 0 Å². The molecule has 0 atom stereocenters. The maximum Gasteiger partial charge on any atom is 0.320 e. The standard InChI is InChI=1S/C22H25N7O2/c1-15-26-19-20(23)27-22(31-11-10-30-2)28-21(19)29(15)14-17-7-5-6-16(12-17)13-25-18-8-3-4-9-24-18/h3-9,12H,10-11,13-14H2,1-2H3,(H,24,25)(H2,23,27,28). The number of rotatable bonds is 9. The van der Waals surface area contributed by atoms with Crippen LogP contribution in [0.3, 0.4) is 0 Å². The van der Waals surface area contributed by atoms with Gasteiger partial charge in [-0.15, -0.1) is 0 Å². The van der Waals surface area contributed by atoms with Crippen LogP contribution in [0, 0.1) is 6.92 Å². The smallest absolute Gasteiger partial charge is 0.320 e. The SMILES string of the molecule is COCCOc1nc(N)c2nc(C)n(Cc3cccc(CNc4ccccn4)c3)c2n1. The van der Waals surface area contributed by atoms with E-state index in [4.69, 9.17) is 15.2 Å². The molecule has 31 heavy (non-hydrogen) atoms. The molecule has 0 aliphatic carbocycles. The Morgan fingerprint density at radius 1 is 1.03 bits per heavy atom. The zero-order valence-corrected chi connectivity index (χ0v) is 17.6. The van der Waals surface area contributed by atoms with Crippen molar-refractivity contribution in [2.75, 3.05) is 31.4 Å². The van der Waals surface area contributed by atoms with Crippen molar-refractivity contribution in [1.29, 1.82) is 0 Å². The van der Waals surface area contributed by atoms with Crippen molar-refractivity contribution < 1.29 is 9.47 Å². The number of nitrogen functional groups attached to an aromatic ring is 1. The average Bonchev–Trinajstić information content (AvgIpc) is 3.09. The lowest BCUT2D eigenvalue weighted by Crippen LogP contribution is -2.09. The topological polar surface area (TPSA) is 113 Å². The highest BCUT2D eigenvalue weighted by Crippen LogP contribution is 2.23. The van der Waals surface area contributed by atoms with Crippen LogP contribution in [-0.2, 0) is 17.8 Å². The Balaban J connectivity index is 1.55. The molecule has 0 saturated heterocycles. The number of aryl methyl sites for hydroxylation is 1. The number of hydrogen-bond donors (Lipinski definition) is 2. The predicted octanol–water partition coefficient (Wildman–Crippen LogP) is 2.80. The zero-order chi connectivity index (χ0) is 21.6. The number of anilines is 2. The molecule has 0 fully saturated rings. The number of imidazole rings is 1. The van der Waals surface area contributed by atoms with E-state index in [-0.39, 0.29) is 6.01 Å². The average molecular weight is 419 g/mol. The lowest BCUT2D eigenvalue weighted by molar-refractivity contribution is 0.141. The predicted molar refractivity (Wildman–Crippen MR) is 119 cm³/mol. The third-order valence-corrected chi connectivity index (χ3v) is 4.78. The number of ether oxygens (including phenoxy) is 2. The number of nitrogens with two attached hydrogens (primary N) is 1. The molecule has 4 rings (SSSR count). The van der Waals surface area contributed by atoms with E-state index in [9.17, 15) is 0 Å². The fraction of sp³-hybridized carbons (Fsp3) is 0.273. The second kappa shape index (κ2) is 9.40. The Morgan fingerprint density at radius 2 is 1.90 bits per heavy atom. The van der Waals surface area contributed by atoms with Crippen LogP contribution in [0.1, 0.15) is 17.0 Å². The van der Waals surface area contributed by atoms with Crippen LogP contribution < -0.4 is 15.8 Å². The van der Waals surface area contributed by atoms with Crippen molar-refractivity contribution in [3.05, 3.63) is 65.6 Å². The Hall–Kier alpha value is -3.72. The first-order valence-electron chi connectivity index (χ1n) is 9.99. The first kappa shape index (κ1) is 20.5. The minimum absolute atomic E-state index is 0.219. The van der Waals surface area contributed by atoms with E-state index in [2.05, 4.69) is 43.5 Å². The summed E-state index contributed by atoms with van der Waals surface area (Å²) in [5.74, 6) is 1.95. The molecule has 9 nitrogen and oxygen atoms in total. The third-order valence-electron chi connectivity index (χ3n) is 4.78. The summed E-state index contributed by atoms with van der Waals surface area (Å²) in [6, 6.07) is 14.4. The summed E-state index contributed by atoms with van der Waals surface area (Å²) in [4.78, 5) is 17.6. The molecule has 4 aromatic rings. The number of nitrogens with one attached hydrogen (secondary N) is 1. The van der Waals surface area contributed by atoms with E-state index in [1.165, 1.54) is 0 Å². The summed E-state index contributed by atoms with van der Waals surface area (Å²) in [7, 11) is 1.61. The van der Waals surface area contributed by atoms with E-state index < -0.39 is 0 Å². The quantitative estimate of drug-likeness (QED) is 0.398. The normalized spacial score (nSPS) is 11.0. The van der Waals surface area contributed by atoms with Crippen molar-refractivity contribution in [2.24, 2.45) is 0 Å². The van der Waals surface area contributed by atoms with Crippen LogP contribution in [0.2, 0.25) is 0 Å². The second-order valence-electron chi connectivity index (χ2n) is 7.04. The minimum Gasteiger partial charge on any atom is -0.461 e. The fourth-order valence-electron chi connectivity index (χ4n) is 3.26. The number of nitrogens with zero attached hydrogens (tertiary/aromatic N) is 5. The summed E-state index contributed by atoms with van der Waals surface area (Å²) in [6.07, 6.45) is 1.77. The highest BCUT2D eigenvalue weighted by Gasteiger charge is 2.15. The maximum absolute atomic E-state index is 6.10. The monoisotopic (exact) mass is 419 g/mol. The van der Waals surface area contributed by atoms with E-state index in [1.54, 1.807) is 13.3 Å². The molecular formula is C22H25N7O2. The van der Waals surface area contributed by atoms with Gasteiger partial charge in [0.05, 0.1) is 13.2 Å². The summed E-state index contributed by atoms with van der Waals surface area (Å²) in [5, 5.41) is 3.33. The lowest BCUT2D eigenvalue weighted by Gasteiger charge is -2.10. The molecule has 0 aliphatic rings. The molecule has 0 saturated carbocycles. The third kappa shape index (κ3) is 4.89. The fourth-order valence-corrected chi connectivity index (χ4v) is 3.26. The summed E-state index contributed by atoms with van der Waals surface area (Å²) >= 11 is 0. The van der Waals surface area contributed by atoms with Crippen molar-refractivity contribution >= 4 is 22.8 Å². The van der Waals surface area contributed by atoms with E-state index in [1.807, 2.05) is 35.8 Å². The van der Waals surface area contributed by atoms with E-state index in [0.29, 0.717) is 43.3 Å². The Labute approximate surface area is 180 Å². The molecule has 3 heterocycles. The van der Waals surface area contributed by atoms with Gasteiger partial charge in [-0.1, -0.05) is 30.3 Å². The van der Waals surface area contributed by atoms with Gasteiger partial charge in [-0.3, -0.25) is 0 Å². The Morgan fingerprint density at radius 3 is 2.71 bits per heavy atom. The van der Waals surface area contributed by atoms with Gasteiger partial charge in [0.2, 0.25) is 0 Å². The Bertz CT molecular complexity index is 1160. The summed E-state index contributed by atoms with van der Waals surface area (Å²) in [6.45, 7) is 4.01. The number of benzene rings is 1. The number of aromatic nitrogens is 5. The van der Waals surface area contributed by atoms with Crippen LogP contribution >= 0.6 is 0 Å². The van der Waals surface area contributed by atoms with Gasteiger partial charge in [-0.2, -0.15) is 9.97 Å². The van der Waals surface area contributed by atoms with Crippen LogP contribution in [-0.4, -0.2) is 44.8 Å². The van der Waals surface area contributed by atoms with Gasteiger partial charge in [0.25, 0.3) is 0 Å². The van der Waals surface area contributed by atoms with Crippen molar-refractivity contribution in [2.45, 2.75) is 20.0 Å². The van der Waals surface area contributed by atoms with E-state index in [0.717, 1.165) is 22.8 Å². The van der Waals surface area contributed by atoms with Gasteiger partial charge in [0.1, 0.15) is 18.2 Å². The van der Waals surface area contributed by atoms with Crippen molar-refractivity contribution in [1.82, 2.24) is 24.5 Å². The number of methoxy groups -OCH3 is 1. The molecule has 0 aliphatic heterocycles. The van der Waals surface area contributed by atoms with Gasteiger partial charge < -0.3 is 25.1 Å². The molecule has 1 aromatic carbocycles. The minimum atomic E-state index is 0.219. The van der Waals surface area contributed by atoms with Crippen LogP contribution in [0.5, 0.6) is 6.01 Å². The molecule has 0 unspecified atom stereocenters. The molecule has 3 aromatic heterocycles. The number of fused-ring (bicyclic) bond motifs is 1. The van der Waals surface area contributed by atoms with Crippen LogP contribution in [0.4, 0.5) is 11.6 Å². The Kier molecular flexibility index (Phi) is 6.23. The molecule has 0 spiro atoms. The highest BCUT2D eigenvalue weighted by atomic mass is 16.5. The van der Waals surface area contributed by atoms with Crippen LogP contribution in [0.25, 0.3) is 11.2 Å². The molecule has 3 N–H and O–H groups in total. The molecule has 9 heteroatoms.